The van der Waals surface area contributed by atoms with Crippen LogP contribution in [0.5, 0.6) is 5.75 Å². The average Bonchev–Trinajstić information content (AvgIpc) is 2.36. The molecule has 0 atom stereocenters. The fourth-order valence-electron chi connectivity index (χ4n) is 1.76. The number of phenols is 1. The van der Waals surface area contributed by atoms with Crippen LogP contribution in [-0.2, 0) is 15.8 Å². The maximum atomic E-state index is 12.5. The molecule has 0 aliphatic rings. The van der Waals surface area contributed by atoms with Gasteiger partial charge in [0, 0.05) is 0 Å². The van der Waals surface area contributed by atoms with E-state index in [0.717, 1.165) is 0 Å². The molecular weight excluding hydrogens is 388 g/mol. The number of carbonyl (C=O) groups is 1. The number of rotatable bonds is 4. The van der Waals surface area contributed by atoms with Crippen molar-refractivity contribution in [2.45, 2.75) is 71.9 Å². The molecule has 24 heavy (non-hydrogen) atoms. The van der Waals surface area contributed by atoms with E-state index >= 15 is 0 Å². The monoisotopic (exact) mass is 416 g/mol. The van der Waals surface area contributed by atoms with Crippen molar-refractivity contribution in [3.63, 3.8) is 0 Å². The zero-order chi connectivity index (χ0) is 18.9. The molecular formula is C18H29BrO4Si. The molecule has 0 saturated heterocycles. The highest BCUT2D eigenvalue weighted by molar-refractivity contribution is 9.10. The molecule has 0 spiro atoms. The minimum atomic E-state index is -1.97. The summed E-state index contributed by atoms with van der Waals surface area (Å²) in [7, 11) is -1.97. The molecule has 0 bridgehead atoms. The molecule has 0 amide bonds. The van der Waals surface area contributed by atoms with Crippen LogP contribution < -0.4 is 0 Å². The molecule has 0 fully saturated rings. The smallest absolute Gasteiger partial charge is 0.342 e. The van der Waals surface area contributed by atoms with E-state index in [9.17, 15) is 9.90 Å². The van der Waals surface area contributed by atoms with E-state index in [1.165, 1.54) is 0 Å². The van der Waals surface area contributed by atoms with Gasteiger partial charge in [-0.15, -0.1) is 0 Å². The third kappa shape index (κ3) is 5.33. The zero-order valence-corrected chi connectivity index (χ0v) is 18.5. The number of hydrogen-bond acceptors (Lipinski definition) is 4. The number of halogens is 1. The van der Waals surface area contributed by atoms with Gasteiger partial charge in [0.05, 0.1) is 11.1 Å². The molecule has 136 valence electrons. The first-order chi connectivity index (χ1) is 10.7. The average molecular weight is 417 g/mol. The molecule has 1 aromatic rings. The topological polar surface area (TPSA) is 55.8 Å². The van der Waals surface area contributed by atoms with Gasteiger partial charge in [-0.3, -0.25) is 0 Å². The summed E-state index contributed by atoms with van der Waals surface area (Å²) >= 11 is 3.26. The number of carbonyl (C=O) groups excluding carboxylic acids is 1. The van der Waals surface area contributed by atoms with E-state index < -0.39 is 19.9 Å². The lowest BCUT2D eigenvalue weighted by Gasteiger charge is -2.36. The van der Waals surface area contributed by atoms with Crippen LogP contribution >= 0.6 is 15.9 Å². The molecule has 1 rings (SSSR count). The van der Waals surface area contributed by atoms with Gasteiger partial charge in [-0.2, -0.15) is 0 Å². The predicted molar refractivity (Wildman–Crippen MR) is 103 cm³/mol. The van der Waals surface area contributed by atoms with E-state index in [1.54, 1.807) is 32.9 Å². The molecule has 0 radical (unpaired) electrons. The maximum Gasteiger partial charge on any atom is 0.342 e. The Bertz CT molecular complexity index is 613. The van der Waals surface area contributed by atoms with Crippen molar-refractivity contribution in [2.75, 3.05) is 0 Å². The normalized spacial score (nSPS) is 13.0. The van der Waals surface area contributed by atoms with Crippen molar-refractivity contribution >= 4 is 30.2 Å². The second-order valence-electron chi connectivity index (χ2n) is 8.48. The Morgan fingerprint density at radius 1 is 1.17 bits per heavy atom. The van der Waals surface area contributed by atoms with Gasteiger partial charge in [0.15, 0.2) is 8.32 Å². The second-order valence-corrected chi connectivity index (χ2v) is 14.1. The lowest BCUT2D eigenvalue weighted by Crippen LogP contribution is -2.40. The quantitative estimate of drug-likeness (QED) is 0.509. The Kier molecular flexibility index (Phi) is 6.34. The molecule has 1 N–H and O–H groups in total. The van der Waals surface area contributed by atoms with Crippen LogP contribution in [0.15, 0.2) is 16.6 Å². The van der Waals surface area contributed by atoms with Crippen LogP contribution in [0.3, 0.4) is 0 Å². The van der Waals surface area contributed by atoms with Gasteiger partial charge in [0.25, 0.3) is 0 Å². The third-order valence-corrected chi connectivity index (χ3v) is 9.33. The summed E-state index contributed by atoms with van der Waals surface area (Å²) in [6.07, 6.45) is 0. The van der Waals surface area contributed by atoms with Gasteiger partial charge in [0.2, 0.25) is 0 Å². The summed E-state index contributed by atoms with van der Waals surface area (Å²) in [5, 5.41) is 10.4. The van der Waals surface area contributed by atoms with Crippen molar-refractivity contribution < 1.29 is 19.1 Å². The Morgan fingerprint density at radius 2 is 1.71 bits per heavy atom. The Labute approximate surface area is 154 Å². The molecule has 6 heteroatoms. The summed E-state index contributed by atoms with van der Waals surface area (Å²) in [4.78, 5) is 12.5. The number of phenolic OH excluding ortho intramolecular Hbond substituents is 1. The number of ether oxygens (including phenoxy) is 1. The van der Waals surface area contributed by atoms with Crippen LogP contribution in [-0.4, -0.2) is 25.0 Å². The number of hydrogen-bond donors (Lipinski definition) is 1. The van der Waals surface area contributed by atoms with Gasteiger partial charge in [0.1, 0.15) is 16.9 Å². The van der Waals surface area contributed by atoms with Crippen LogP contribution in [0.25, 0.3) is 0 Å². The van der Waals surface area contributed by atoms with Gasteiger partial charge in [-0.1, -0.05) is 26.8 Å². The Hall–Kier alpha value is -0.853. The largest absolute Gasteiger partial charge is 0.506 e. The van der Waals surface area contributed by atoms with Gasteiger partial charge in [-0.25, -0.2) is 4.79 Å². The van der Waals surface area contributed by atoms with Crippen LogP contribution in [0.2, 0.25) is 18.1 Å². The zero-order valence-electron chi connectivity index (χ0n) is 15.9. The van der Waals surface area contributed by atoms with E-state index in [4.69, 9.17) is 9.16 Å². The summed E-state index contributed by atoms with van der Waals surface area (Å²) < 4.78 is 12.1. The highest BCUT2D eigenvalue weighted by Gasteiger charge is 2.37. The predicted octanol–water partition coefficient (Wildman–Crippen LogP) is 5.63. The molecule has 0 aliphatic heterocycles. The first kappa shape index (κ1) is 21.2. The van der Waals surface area contributed by atoms with Crippen molar-refractivity contribution in [3.05, 3.63) is 27.7 Å². The van der Waals surface area contributed by atoms with E-state index in [-0.39, 0.29) is 23.0 Å². The second kappa shape index (κ2) is 7.18. The van der Waals surface area contributed by atoms with Crippen molar-refractivity contribution in [1.82, 2.24) is 0 Å². The molecule has 1 aromatic carbocycles. The van der Waals surface area contributed by atoms with E-state index in [0.29, 0.717) is 10.0 Å². The molecule has 0 aliphatic carbocycles. The summed E-state index contributed by atoms with van der Waals surface area (Å²) in [5.41, 5.74) is 0.163. The lowest BCUT2D eigenvalue weighted by atomic mass is 10.1. The van der Waals surface area contributed by atoms with Crippen molar-refractivity contribution in [3.8, 4) is 5.75 Å². The third-order valence-electron chi connectivity index (χ3n) is 4.21. The minimum absolute atomic E-state index is 0.0660. The molecule has 0 saturated carbocycles. The van der Waals surface area contributed by atoms with Crippen LogP contribution in [0.1, 0.15) is 57.5 Å². The van der Waals surface area contributed by atoms with E-state index in [2.05, 4.69) is 49.8 Å². The standard InChI is InChI=1S/C18H29BrO4Si/c1-17(2,3)23-16(21)14-12(9-10-13(19)15(14)20)11-22-24(7,8)18(4,5)6/h9-10,20H,11H2,1-8H3. The molecule has 0 unspecified atom stereocenters. The Morgan fingerprint density at radius 3 is 2.17 bits per heavy atom. The molecule has 0 heterocycles. The fraction of sp³-hybridized carbons (Fsp3) is 0.611. The number of benzene rings is 1. The fourth-order valence-corrected chi connectivity index (χ4v) is 3.04. The Balaban J connectivity index is 3.17. The summed E-state index contributed by atoms with van der Waals surface area (Å²) in [6.45, 7) is 16.4. The maximum absolute atomic E-state index is 12.5. The highest BCUT2D eigenvalue weighted by Crippen LogP contribution is 2.38. The lowest BCUT2D eigenvalue weighted by molar-refractivity contribution is 0.00638. The van der Waals surface area contributed by atoms with Crippen molar-refractivity contribution in [1.29, 1.82) is 0 Å². The van der Waals surface area contributed by atoms with Gasteiger partial charge >= 0.3 is 5.97 Å². The number of esters is 1. The minimum Gasteiger partial charge on any atom is -0.506 e. The highest BCUT2D eigenvalue weighted by atomic mass is 79.9. The summed E-state index contributed by atoms with van der Waals surface area (Å²) in [5.74, 6) is -0.657. The van der Waals surface area contributed by atoms with Crippen LogP contribution in [0.4, 0.5) is 0 Å². The number of aromatic hydroxyl groups is 1. The van der Waals surface area contributed by atoms with Gasteiger partial charge in [-0.05, 0) is 66.5 Å². The van der Waals surface area contributed by atoms with E-state index in [1.807, 2.05) is 0 Å². The first-order valence-corrected chi connectivity index (χ1v) is 11.7. The van der Waals surface area contributed by atoms with Crippen molar-refractivity contribution in [2.24, 2.45) is 0 Å². The molecule has 0 aromatic heterocycles. The van der Waals surface area contributed by atoms with Gasteiger partial charge < -0.3 is 14.3 Å². The molecule has 4 nitrogen and oxygen atoms in total. The SMILES string of the molecule is CC(C)(C)OC(=O)c1c(CO[Si](C)(C)C(C)(C)C)ccc(Br)c1O. The summed E-state index contributed by atoms with van der Waals surface area (Å²) in [6, 6.07) is 3.50. The van der Waals surface area contributed by atoms with Crippen LogP contribution in [0, 0.1) is 0 Å². The first-order valence-electron chi connectivity index (χ1n) is 8.03.